The van der Waals surface area contributed by atoms with Crippen molar-refractivity contribution < 1.29 is 0 Å². The summed E-state index contributed by atoms with van der Waals surface area (Å²) in [5, 5.41) is 5.13. The Balaban J connectivity index is 2.14. The summed E-state index contributed by atoms with van der Waals surface area (Å²) in [5.41, 5.74) is -0.0404. The number of unbranched alkanes of at least 4 members (excludes halogenated alkanes) is 1. The van der Waals surface area contributed by atoms with Crippen molar-refractivity contribution >= 4 is 40.2 Å². The molecule has 32 heavy (non-hydrogen) atoms. The zero-order valence-electron chi connectivity index (χ0n) is 18.5. The third-order valence-corrected chi connectivity index (χ3v) is 11.0. The molecule has 0 saturated heterocycles. The quantitative estimate of drug-likeness (QED) is 0.181. The first-order valence-corrected chi connectivity index (χ1v) is 13.8. The van der Waals surface area contributed by atoms with Crippen LogP contribution in [-0.4, -0.2) is 15.7 Å². The number of H-pyrrole nitrogens is 1. The molecule has 0 unspecified atom stereocenters. The van der Waals surface area contributed by atoms with Gasteiger partial charge in [-0.25, -0.2) is 4.98 Å². The molecule has 0 aliphatic heterocycles. The van der Waals surface area contributed by atoms with E-state index >= 15 is 0 Å². The van der Waals surface area contributed by atoms with Crippen molar-refractivity contribution in [3.63, 3.8) is 0 Å². The van der Waals surface area contributed by atoms with Crippen LogP contribution >= 0.6 is 19.0 Å². The molecule has 162 valence electrons. The average Bonchev–Trinajstić information content (AvgIpc) is 2.83. The van der Waals surface area contributed by atoms with Crippen LogP contribution in [0.15, 0.2) is 101 Å². The van der Waals surface area contributed by atoms with Gasteiger partial charge in [0, 0.05) is 0 Å². The fraction of sp³-hybridized carbons (Fsp3) is 0.185. The van der Waals surface area contributed by atoms with Crippen molar-refractivity contribution in [2.75, 3.05) is 5.75 Å². The van der Waals surface area contributed by atoms with Crippen LogP contribution in [0.5, 0.6) is 0 Å². The summed E-state index contributed by atoms with van der Waals surface area (Å²) >= 11 is 1.71. The van der Waals surface area contributed by atoms with Crippen LogP contribution in [-0.2, 0) is 0 Å². The minimum atomic E-state index is -2.48. The van der Waals surface area contributed by atoms with Gasteiger partial charge in [0.15, 0.2) is 7.26 Å². The monoisotopic (exact) mass is 459 g/mol. The van der Waals surface area contributed by atoms with Gasteiger partial charge in [-0.05, 0) is 55.5 Å². The van der Waals surface area contributed by atoms with Crippen molar-refractivity contribution in [3.05, 3.63) is 107 Å². The largest absolute Gasteiger partial charge is 0.307 e. The summed E-state index contributed by atoms with van der Waals surface area (Å²) in [7, 11) is -2.48. The van der Waals surface area contributed by atoms with Gasteiger partial charge in [0.05, 0.1) is 0 Å². The lowest BCUT2D eigenvalue weighted by molar-refractivity contribution is 0.892. The number of benzene rings is 3. The standard InChI is InChI=1S/C27H27N2OPS/c1-3-4-20-32-27-25(26(30)28-21(2)29-27)31(22-14-8-5-9-15-22,23-16-10-6-11-17-23)24-18-12-7-13-19-24/h5-19H,3-4,20H2,1-2H3/p+1. The van der Waals surface area contributed by atoms with Gasteiger partial charge in [0.1, 0.15) is 26.8 Å². The van der Waals surface area contributed by atoms with Crippen LogP contribution < -0.4 is 26.8 Å². The lowest BCUT2D eigenvalue weighted by Gasteiger charge is -2.27. The molecule has 4 rings (SSSR count). The van der Waals surface area contributed by atoms with E-state index in [0.717, 1.165) is 44.8 Å². The number of hydrogen-bond donors (Lipinski definition) is 1. The van der Waals surface area contributed by atoms with Crippen molar-refractivity contribution in [3.8, 4) is 0 Å². The fourth-order valence-corrected chi connectivity index (χ4v) is 9.94. The van der Waals surface area contributed by atoms with Crippen molar-refractivity contribution in [2.24, 2.45) is 0 Å². The Labute approximate surface area is 194 Å². The molecule has 0 radical (unpaired) electrons. The van der Waals surface area contributed by atoms with E-state index in [-0.39, 0.29) is 5.56 Å². The highest BCUT2D eigenvalue weighted by Crippen LogP contribution is 2.54. The molecule has 3 nitrogen and oxygen atoms in total. The molecule has 1 aromatic heterocycles. The van der Waals surface area contributed by atoms with E-state index in [2.05, 4.69) is 84.7 Å². The minimum Gasteiger partial charge on any atom is -0.307 e. The van der Waals surface area contributed by atoms with Crippen LogP contribution in [0.3, 0.4) is 0 Å². The molecule has 0 atom stereocenters. The van der Waals surface area contributed by atoms with Crippen molar-refractivity contribution in [1.29, 1.82) is 0 Å². The Bertz CT molecular complexity index is 1110. The molecule has 0 fully saturated rings. The molecule has 1 N–H and O–H groups in total. The molecule has 4 aromatic rings. The third-order valence-electron chi connectivity index (χ3n) is 5.48. The normalized spacial score (nSPS) is 11.4. The summed E-state index contributed by atoms with van der Waals surface area (Å²) in [6.45, 7) is 4.05. The number of thioether (sulfide) groups is 1. The van der Waals surface area contributed by atoms with Gasteiger partial charge in [0.25, 0.3) is 5.56 Å². The van der Waals surface area contributed by atoms with Crippen LogP contribution in [0.2, 0.25) is 0 Å². The second-order valence-electron chi connectivity index (χ2n) is 7.68. The van der Waals surface area contributed by atoms with Gasteiger partial charge >= 0.3 is 0 Å². The lowest BCUT2D eigenvalue weighted by atomic mass is 10.4. The zero-order valence-corrected chi connectivity index (χ0v) is 20.2. The molecular weight excluding hydrogens is 431 g/mol. The first-order chi connectivity index (χ1) is 15.7. The van der Waals surface area contributed by atoms with Crippen LogP contribution in [0.1, 0.15) is 25.6 Å². The zero-order chi connectivity index (χ0) is 22.4. The molecule has 0 aliphatic rings. The molecular formula is C27H28N2OPS+. The Morgan fingerprint density at radius 1 is 0.812 bits per heavy atom. The minimum absolute atomic E-state index is 0.0404. The number of aromatic nitrogens is 2. The SMILES string of the molecule is CCCCSc1nc(C)[nH]c(=O)c1[P+](c1ccccc1)(c1ccccc1)c1ccccc1. The Morgan fingerprint density at radius 3 is 1.72 bits per heavy atom. The number of nitrogens with one attached hydrogen (secondary N) is 1. The predicted molar refractivity (Wildman–Crippen MR) is 140 cm³/mol. The molecule has 0 spiro atoms. The van der Waals surface area contributed by atoms with E-state index in [0.29, 0.717) is 5.82 Å². The maximum atomic E-state index is 13.8. The maximum Gasteiger partial charge on any atom is 0.295 e. The number of aryl methyl sites for hydroxylation is 1. The topological polar surface area (TPSA) is 45.8 Å². The Hall–Kier alpha value is -2.68. The number of hydrogen-bond acceptors (Lipinski definition) is 3. The van der Waals surface area contributed by atoms with E-state index in [4.69, 9.17) is 4.98 Å². The Kier molecular flexibility index (Phi) is 7.24. The van der Waals surface area contributed by atoms with Gasteiger partial charge in [-0.2, -0.15) is 0 Å². The second kappa shape index (κ2) is 10.3. The number of aromatic amines is 1. The fourth-order valence-electron chi connectivity index (χ4n) is 4.05. The molecule has 3 aromatic carbocycles. The van der Waals surface area contributed by atoms with Gasteiger partial charge in [-0.1, -0.05) is 67.9 Å². The molecule has 0 saturated carbocycles. The predicted octanol–water partition coefficient (Wildman–Crippen LogP) is 4.59. The maximum absolute atomic E-state index is 13.8. The highest BCUT2D eigenvalue weighted by molar-refractivity contribution is 8.04. The molecule has 1 heterocycles. The second-order valence-corrected chi connectivity index (χ2v) is 12.1. The summed E-state index contributed by atoms with van der Waals surface area (Å²) in [6.07, 6.45) is 2.20. The number of nitrogens with zero attached hydrogens (tertiary/aromatic N) is 1. The van der Waals surface area contributed by atoms with Crippen LogP contribution in [0, 0.1) is 6.92 Å². The first kappa shape index (κ1) is 22.5. The summed E-state index contributed by atoms with van der Waals surface area (Å²) in [4.78, 5) is 21.7. The number of rotatable bonds is 8. The summed E-state index contributed by atoms with van der Waals surface area (Å²) in [6, 6.07) is 31.4. The third kappa shape index (κ3) is 4.30. The molecule has 0 aliphatic carbocycles. The highest BCUT2D eigenvalue weighted by atomic mass is 32.2. The highest BCUT2D eigenvalue weighted by Gasteiger charge is 2.52. The van der Waals surface area contributed by atoms with Crippen molar-refractivity contribution in [1.82, 2.24) is 9.97 Å². The smallest absolute Gasteiger partial charge is 0.295 e. The summed E-state index contributed by atoms with van der Waals surface area (Å²) in [5.74, 6) is 1.60. The molecule has 5 heteroatoms. The lowest BCUT2D eigenvalue weighted by Crippen LogP contribution is -2.46. The van der Waals surface area contributed by atoms with E-state index in [1.165, 1.54) is 0 Å². The van der Waals surface area contributed by atoms with Crippen molar-refractivity contribution in [2.45, 2.75) is 31.7 Å². The summed E-state index contributed by atoms with van der Waals surface area (Å²) < 4.78 is 0. The van der Waals surface area contributed by atoms with Gasteiger partial charge in [-0.3, -0.25) is 4.79 Å². The van der Waals surface area contributed by atoms with Gasteiger partial charge in [0.2, 0.25) is 5.30 Å². The first-order valence-electron chi connectivity index (χ1n) is 11.0. The average molecular weight is 460 g/mol. The molecule has 0 amide bonds. The Morgan fingerprint density at radius 2 is 1.28 bits per heavy atom. The van der Waals surface area contributed by atoms with Crippen LogP contribution in [0.4, 0.5) is 0 Å². The van der Waals surface area contributed by atoms with Gasteiger partial charge in [-0.15, -0.1) is 11.8 Å². The van der Waals surface area contributed by atoms with E-state index in [9.17, 15) is 4.79 Å². The van der Waals surface area contributed by atoms with E-state index < -0.39 is 7.26 Å². The van der Waals surface area contributed by atoms with Crippen LogP contribution in [0.25, 0.3) is 0 Å². The molecule has 0 bridgehead atoms. The van der Waals surface area contributed by atoms with E-state index in [1.54, 1.807) is 11.8 Å². The van der Waals surface area contributed by atoms with Gasteiger partial charge < -0.3 is 4.98 Å². The van der Waals surface area contributed by atoms with E-state index in [1.807, 2.05) is 25.1 Å².